The molecule has 0 saturated heterocycles. The molecule has 1 heterocycles. The van der Waals surface area contributed by atoms with Crippen LogP contribution >= 0.6 is 0 Å². The molecule has 0 saturated carbocycles. The molecule has 3 nitrogen and oxygen atoms in total. The second-order valence-electron chi connectivity index (χ2n) is 4.87. The predicted molar refractivity (Wildman–Crippen MR) is 80.8 cm³/mol. The highest BCUT2D eigenvalue weighted by atomic mass is 19.1. The third kappa shape index (κ3) is 2.58. The van der Waals surface area contributed by atoms with Crippen LogP contribution in [0, 0.1) is 5.82 Å². The topological polar surface area (TPSA) is 48.1 Å². The number of fused-ring (bicyclic) bond motifs is 1. The van der Waals surface area contributed by atoms with Gasteiger partial charge in [0.1, 0.15) is 17.1 Å². The number of benzene rings is 2. The van der Waals surface area contributed by atoms with E-state index in [1.54, 1.807) is 25.3 Å². The fourth-order valence-electron chi connectivity index (χ4n) is 2.33. The number of nitrogens with two attached hydrogens (primary N) is 1. The Balaban J connectivity index is 2.09. The summed E-state index contributed by atoms with van der Waals surface area (Å²) in [6.45, 7) is 1.73. The number of nitrogens with zero attached hydrogens (tertiary/aromatic N) is 1. The van der Waals surface area contributed by atoms with Gasteiger partial charge in [0, 0.05) is 23.2 Å². The van der Waals surface area contributed by atoms with Gasteiger partial charge in [-0.2, -0.15) is 0 Å². The third-order valence-corrected chi connectivity index (χ3v) is 3.28. The molecule has 2 N–H and O–H groups in total. The molecule has 4 heteroatoms. The summed E-state index contributed by atoms with van der Waals surface area (Å²) >= 11 is 0. The molecular weight excluding hydrogens is 267 g/mol. The Hall–Kier alpha value is -2.46. The van der Waals surface area contributed by atoms with E-state index in [1.165, 1.54) is 6.07 Å². The number of rotatable bonds is 3. The maximum atomic E-state index is 13.9. The zero-order valence-electron chi connectivity index (χ0n) is 11.6. The van der Waals surface area contributed by atoms with Crippen LogP contribution in [0.25, 0.3) is 10.9 Å². The number of ether oxygens (including phenoxy) is 1. The Morgan fingerprint density at radius 2 is 1.76 bits per heavy atom. The molecule has 0 spiro atoms. The highest BCUT2D eigenvalue weighted by Gasteiger charge is 2.15. The zero-order valence-corrected chi connectivity index (χ0v) is 11.6. The smallest absolute Gasteiger partial charge is 0.153 e. The quantitative estimate of drug-likeness (QED) is 0.783. The van der Waals surface area contributed by atoms with Crippen molar-refractivity contribution in [1.82, 2.24) is 4.98 Å². The van der Waals surface area contributed by atoms with E-state index in [-0.39, 0.29) is 5.82 Å². The molecule has 1 atom stereocenters. The van der Waals surface area contributed by atoms with Crippen LogP contribution in [-0.4, -0.2) is 4.98 Å². The van der Waals surface area contributed by atoms with E-state index in [0.717, 1.165) is 10.9 Å². The van der Waals surface area contributed by atoms with Crippen molar-refractivity contribution < 1.29 is 9.13 Å². The first-order valence-corrected chi connectivity index (χ1v) is 6.72. The van der Waals surface area contributed by atoms with Crippen LogP contribution in [0.2, 0.25) is 0 Å². The van der Waals surface area contributed by atoms with Crippen molar-refractivity contribution in [2.45, 2.75) is 13.0 Å². The van der Waals surface area contributed by atoms with Gasteiger partial charge in [-0.25, -0.2) is 4.39 Å². The monoisotopic (exact) mass is 282 g/mol. The number of pyridine rings is 1. The van der Waals surface area contributed by atoms with Crippen LogP contribution in [0.15, 0.2) is 54.7 Å². The van der Waals surface area contributed by atoms with Gasteiger partial charge in [0.25, 0.3) is 0 Å². The van der Waals surface area contributed by atoms with E-state index < -0.39 is 6.04 Å². The fraction of sp³-hybridized carbons (Fsp3) is 0.118. The maximum absolute atomic E-state index is 13.9. The van der Waals surface area contributed by atoms with Crippen LogP contribution < -0.4 is 10.5 Å². The lowest BCUT2D eigenvalue weighted by Crippen LogP contribution is -2.09. The van der Waals surface area contributed by atoms with Crippen molar-refractivity contribution in [1.29, 1.82) is 0 Å². The van der Waals surface area contributed by atoms with Crippen LogP contribution in [0.1, 0.15) is 18.5 Å². The third-order valence-electron chi connectivity index (χ3n) is 3.28. The molecule has 3 rings (SSSR count). The molecule has 0 aliphatic rings. The lowest BCUT2D eigenvalue weighted by atomic mass is 10.1. The minimum Gasteiger partial charge on any atom is -0.455 e. The Bertz CT molecular complexity index is 781. The van der Waals surface area contributed by atoms with E-state index in [0.29, 0.717) is 17.1 Å². The summed E-state index contributed by atoms with van der Waals surface area (Å²) in [5.74, 6) is 0.638. The number of hydrogen-bond donors (Lipinski definition) is 1. The molecule has 2 aromatic carbocycles. The van der Waals surface area contributed by atoms with E-state index in [2.05, 4.69) is 4.98 Å². The lowest BCUT2D eigenvalue weighted by Gasteiger charge is -2.15. The first-order chi connectivity index (χ1) is 10.2. The van der Waals surface area contributed by atoms with Gasteiger partial charge in [0.2, 0.25) is 0 Å². The summed E-state index contributed by atoms with van der Waals surface area (Å²) in [5.41, 5.74) is 6.95. The van der Waals surface area contributed by atoms with E-state index in [9.17, 15) is 4.39 Å². The molecule has 106 valence electrons. The SMILES string of the molecule is C[C@@H](N)c1c(F)cccc1Oc1cccc2cccnc12. The second kappa shape index (κ2) is 5.50. The van der Waals surface area contributed by atoms with Crippen LogP contribution in [0.3, 0.4) is 0 Å². The van der Waals surface area contributed by atoms with Crippen molar-refractivity contribution in [3.8, 4) is 11.5 Å². The van der Waals surface area contributed by atoms with E-state index in [4.69, 9.17) is 10.5 Å². The fourth-order valence-corrected chi connectivity index (χ4v) is 2.33. The Kier molecular flexibility index (Phi) is 3.54. The first kappa shape index (κ1) is 13.5. The summed E-state index contributed by atoms with van der Waals surface area (Å²) in [7, 11) is 0. The van der Waals surface area contributed by atoms with Gasteiger partial charge in [-0.3, -0.25) is 4.98 Å². The van der Waals surface area contributed by atoms with Gasteiger partial charge < -0.3 is 10.5 Å². The largest absolute Gasteiger partial charge is 0.455 e. The molecule has 3 aromatic rings. The summed E-state index contributed by atoms with van der Waals surface area (Å²) in [5, 5.41) is 0.966. The molecule has 0 bridgehead atoms. The second-order valence-corrected chi connectivity index (χ2v) is 4.87. The number of para-hydroxylation sites is 1. The van der Waals surface area contributed by atoms with Crippen LogP contribution in [0.5, 0.6) is 11.5 Å². The van der Waals surface area contributed by atoms with Gasteiger partial charge in [-0.05, 0) is 31.2 Å². The Morgan fingerprint density at radius 3 is 2.57 bits per heavy atom. The summed E-state index contributed by atoms with van der Waals surface area (Å²) in [6, 6.07) is 13.7. The molecule has 0 aliphatic heterocycles. The summed E-state index contributed by atoms with van der Waals surface area (Å²) in [6.07, 6.45) is 1.70. The van der Waals surface area contributed by atoms with Crippen molar-refractivity contribution >= 4 is 10.9 Å². The number of aromatic nitrogens is 1. The predicted octanol–water partition coefficient (Wildman–Crippen LogP) is 4.19. The average molecular weight is 282 g/mol. The highest BCUT2D eigenvalue weighted by molar-refractivity contribution is 5.84. The molecule has 0 aliphatic carbocycles. The Labute approximate surface area is 122 Å². The molecule has 0 radical (unpaired) electrons. The van der Waals surface area contributed by atoms with E-state index in [1.807, 2.05) is 30.3 Å². The molecule has 21 heavy (non-hydrogen) atoms. The van der Waals surface area contributed by atoms with Crippen molar-refractivity contribution in [2.75, 3.05) is 0 Å². The molecule has 0 fully saturated rings. The van der Waals surface area contributed by atoms with Crippen molar-refractivity contribution in [3.63, 3.8) is 0 Å². The highest BCUT2D eigenvalue weighted by Crippen LogP contribution is 2.33. The van der Waals surface area contributed by atoms with Gasteiger partial charge >= 0.3 is 0 Å². The van der Waals surface area contributed by atoms with Crippen molar-refractivity contribution in [2.24, 2.45) is 5.73 Å². The van der Waals surface area contributed by atoms with Crippen LogP contribution in [-0.2, 0) is 0 Å². The first-order valence-electron chi connectivity index (χ1n) is 6.72. The van der Waals surface area contributed by atoms with Gasteiger partial charge in [-0.15, -0.1) is 0 Å². The number of halogens is 1. The maximum Gasteiger partial charge on any atom is 0.153 e. The molecular formula is C17H15FN2O. The number of hydrogen-bond acceptors (Lipinski definition) is 3. The standard InChI is InChI=1S/C17H15FN2O/c1-11(19)16-13(18)7-3-8-14(16)21-15-9-2-5-12-6-4-10-20-17(12)15/h2-11H,19H2,1H3/t11-/m1/s1. The normalized spacial score (nSPS) is 12.3. The molecule has 0 amide bonds. The van der Waals surface area contributed by atoms with E-state index >= 15 is 0 Å². The van der Waals surface area contributed by atoms with Gasteiger partial charge in [0.05, 0.1) is 0 Å². The van der Waals surface area contributed by atoms with Gasteiger partial charge in [-0.1, -0.05) is 24.3 Å². The lowest BCUT2D eigenvalue weighted by molar-refractivity contribution is 0.464. The molecule has 1 aromatic heterocycles. The minimum absolute atomic E-state index is 0.365. The average Bonchev–Trinajstić information content (AvgIpc) is 2.47. The van der Waals surface area contributed by atoms with Crippen molar-refractivity contribution in [3.05, 3.63) is 66.1 Å². The summed E-state index contributed by atoms with van der Waals surface area (Å²) in [4.78, 5) is 4.32. The van der Waals surface area contributed by atoms with Gasteiger partial charge in [0.15, 0.2) is 5.75 Å². The van der Waals surface area contributed by atoms with Crippen LogP contribution in [0.4, 0.5) is 4.39 Å². The summed E-state index contributed by atoms with van der Waals surface area (Å²) < 4.78 is 19.8. The molecule has 0 unspecified atom stereocenters. The Morgan fingerprint density at radius 1 is 1.05 bits per heavy atom. The zero-order chi connectivity index (χ0) is 14.8. The minimum atomic E-state index is -0.455.